The first-order chi connectivity index (χ1) is 8.15. The first-order valence-electron chi connectivity index (χ1n) is 5.54. The monoisotopic (exact) mass is 255 g/mol. The van der Waals surface area contributed by atoms with E-state index < -0.39 is 5.97 Å². The van der Waals surface area contributed by atoms with Crippen LogP contribution >= 0.6 is 11.3 Å². The normalized spacial score (nSPS) is 11.8. The molecule has 0 radical (unpaired) electrons. The minimum absolute atomic E-state index is 0.354. The van der Waals surface area contributed by atoms with E-state index in [1.807, 2.05) is 19.4 Å². The van der Waals surface area contributed by atoms with Crippen molar-refractivity contribution in [1.29, 1.82) is 0 Å². The van der Waals surface area contributed by atoms with Crippen LogP contribution in [-0.4, -0.2) is 29.3 Å². The van der Waals surface area contributed by atoms with Gasteiger partial charge in [-0.1, -0.05) is 6.92 Å². The zero-order chi connectivity index (χ0) is 12.7. The third kappa shape index (κ3) is 4.66. The second kappa shape index (κ2) is 7.19. The van der Waals surface area contributed by atoms with Gasteiger partial charge in [0.25, 0.3) is 0 Å². The number of aromatic nitrogens is 1. The molecule has 0 aliphatic carbocycles. The molecule has 1 N–H and O–H groups in total. The first-order valence-corrected chi connectivity index (χ1v) is 6.42. The topological polar surface area (TPSA) is 59.4 Å². The van der Waals surface area contributed by atoms with Gasteiger partial charge in [0.2, 0.25) is 0 Å². The van der Waals surface area contributed by atoms with Gasteiger partial charge in [-0.2, -0.15) is 0 Å². The SMILES string of the molecule is CCC(=CCOCCc1scnc1C)C(=O)O. The van der Waals surface area contributed by atoms with E-state index in [2.05, 4.69) is 4.98 Å². The lowest BCUT2D eigenvalue weighted by molar-refractivity contribution is -0.132. The molecule has 1 heterocycles. The molecule has 1 aromatic rings. The third-order valence-corrected chi connectivity index (χ3v) is 3.42. The second-order valence-corrected chi connectivity index (χ2v) is 4.51. The van der Waals surface area contributed by atoms with Crippen LogP contribution in [0.3, 0.4) is 0 Å². The number of aryl methyl sites for hydroxylation is 1. The van der Waals surface area contributed by atoms with Gasteiger partial charge >= 0.3 is 5.97 Å². The maximum atomic E-state index is 10.7. The highest BCUT2D eigenvalue weighted by molar-refractivity contribution is 7.09. The van der Waals surface area contributed by atoms with E-state index in [0.717, 1.165) is 12.1 Å². The van der Waals surface area contributed by atoms with Crippen molar-refractivity contribution in [1.82, 2.24) is 4.98 Å². The minimum Gasteiger partial charge on any atom is -0.478 e. The van der Waals surface area contributed by atoms with Crippen LogP contribution in [0.1, 0.15) is 23.9 Å². The summed E-state index contributed by atoms with van der Waals surface area (Å²) in [5.41, 5.74) is 3.28. The highest BCUT2D eigenvalue weighted by atomic mass is 32.1. The summed E-state index contributed by atoms with van der Waals surface area (Å²) >= 11 is 1.62. The molecule has 0 amide bonds. The molecule has 5 heteroatoms. The molecule has 0 aromatic carbocycles. The number of ether oxygens (including phenoxy) is 1. The number of carboxylic acids is 1. The van der Waals surface area contributed by atoms with Crippen molar-refractivity contribution >= 4 is 17.3 Å². The quantitative estimate of drug-likeness (QED) is 0.600. The number of thiazole rings is 1. The Hall–Kier alpha value is -1.20. The van der Waals surface area contributed by atoms with Crippen LogP contribution in [-0.2, 0) is 16.0 Å². The van der Waals surface area contributed by atoms with Gasteiger partial charge in [-0.15, -0.1) is 11.3 Å². The van der Waals surface area contributed by atoms with Crippen molar-refractivity contribution in [2.75, 3.05) is 13.2 Å². The molecule has 0 aliphatic rings. The number of carboxylic acid groups (broad SMARTS) is 1. The molecule has 0 saturated carbocycles. The summed E-state index contributed by atoms with van der Waals surface area (Å²) < 4.78 is 5.38. The number of hydrogen-bond donors (Lipinski definition) is 1. The lowest BCUT2D eigenvalue weighted by Crippen LogP contribution is -2.03. The maximum Gasteiger partial charge on any atom is 0.331 e. The van der Waals surface area contributed by atoms with Crippen LogP contribution in [0, 0.1) is 6.92 Å². The number of hydrogen-bond acceptors (Lipinski definition) is 4. The Labute approximate surface area is 105 Å². The fraction of sp³-hybridized carbons (Fsp3) is 0.500. The summed E-state index contributed by atoms with van der Waals surface area (Å²) in [6, 6.07) is 0. The van der Waals surface area contributed by atoms with E-state index >= 15 is 0 Å². The van der Waals surface area contributed by atoms with Crippen molar-refractivity contribution < 1.29 is 14.6 Å². The van der Waals surface area contributed by atoms with Crippen LogP contribution in [0.2, 0.25) is 0 Å². The van der Waals surface area contributed by atoms with E-state index in [1.54, 1.807) is 17.4 Å². The number of rotatable bonds is 7. The molecule has 0 fully saturated rings. The van der Waals surface area contributed by atoms with Gasteiger partial charge in [-0.3, -0.25) is 0 Å². The van der Waals surface area contributed by atoms with Gasteiger partial charge in [-0.25, -0.2) is 9.78 Å². The van der Waals surface area contributed by atoms with Crippen LogP contribution in [0.4, 0.5) is 0 Å². The Balaban J connectivity index is 2.25. The number of nitrogens with zero attached hydrogens (tertiary/aromatic N) is 1. The fourth-order valence-corrected chi connectivity index (χ4v) is 2.12. The molecule has 94 valence electrons. The zero-order valence-electron chi connectivity index (χ0n) is 10.1. The van der Waals surface area contributed by atoms with Crippen LogP contribution < -0.4 is 0 Å². The minimum atomic E-state index is -0.866. The molecular weight excluding hydrogens is 238 g/mol. The van der Waals surface area contributed by atoms with Gasteiger partial charge in [0, 0.05) is 16.9 Å². The van der Waals surface area contributed by atoms with Crippen molar-refractivity contribution in [3.05, 3.63) is 27.7 Å². The third-order valence-electron chi connectivity index (χ3n) is 2.42. The molecule has 0 bridgehead atoms. The Morgan fingerprint density at radius 3 is 2.94 bits per heavy atom. The van der Waals surface area contributed by atoms with Crippen LogP contribution in [0.25, 0.3) is 0 Å². The molecule has 1 aromatic heterocycles. The average Bonchev–Trinajstić information content (AvgIpc) is 2.69. The van der Waals surface area contributed by atoms with Gasteiger partial charge < -0.3 is 9.84 Å². The van der Waals surface area contributed by atoms with Crippen LogP contribution in [0.5, 0.6) is 0 Å². The first kappa shape index (κ1) is 13.9. The molecule has 0 saturated heterocycles. The fourth-order valence-electron chi connectivity index (χ4n) is 1.36. The van der Waals surface area contributed by atoms with E-state index in [1.165, 1.54) is 4.88 Å². The summed E-state index contributed by atoms with van der Waals surface area (Å²) in [5.74, 6) is -0.866. The van der Waals surface area contributed by atoms with E-state index in [-0.39, 0.29) is 0 Å². The van der Waals surface area contributed by atoms with Crippen LogP contribution in [0.15, 0.2) is 17.2 Å². The predicted octanol–water partition coefficient (Wildman–Crippen LogP) is 2.43. The summed E-state index contributed by atoms with van der Waals surface area (Å²) in [7, 11) is 0. The molecule has 0 atom stereocenters. The van der Waals surface area contributed by atoms with Crippen molar-refractivity contribution in [2.45, 2.75) is 26.7 Å². The summed E-state index contributed by atoms with van der Waals surface area (Å²) in [4.78, 5) is 16.1. The van der Waals surface area contributed by atoms with Crippen molar-refractivity contribution in [3.63, 3.8) is 0 Å². The van der Waals surface area contributed by atoms with Gasteiger partial charge in [-0.05, 0) is 19.4 Å². The standard InChI is InChI=1S/C12H17NO3S/c1-3-10(12(14)15)4-6-16-7-5-11-9(2)13-8-17-11/h4,8H,3,5-7H2,1-2H3,(H,14,15). The molecule has 0 aliphatic heterocycles. The van der Waals surface area contributed by atoms with Crippen molar-refractivity contribution in [3.8, 4) is 0 Å². The second-order valence-electron chi connectivity index (χ2n) is 3.57. The summed E-state index contributed by atoms with van der Waals surface area (Å²) in [6.45, 7) is 4.75. The Morgan fingerprint density at radius 2 is 2.41 bits per heavy atom. The predicted molar refractivity (Wildman–Crippen MR) is 67.4 cm³/mol. The van der Waals surface area contributed by atoms with Crippen molar-refractivity contribution in [2.24, 2.45) is 0 Å². The lowest BCUT2D eigenvalue weighted by Gasteiger charge is -2.01. The average molecular weight is 255 g/mol. The van der Waals surface area contributed by atoms with Gasteiger partial charge in [0.1, 0.15) is 0 Å². The smallest absolute Gasteiger partial charge is 0.331 e. The molecular formula is C12H17NO3S. The molecule has 4 nitrogen and oxygen atoms in total. The highest BCUT2D eigenvalue weighted by Crippen LogP contribution is 2.12. The van der Waals surface area contributed by atoms with E-state index in [0.29, 0.717) is 25.2 Å². The Kier molecular flexibility index (Phi) is 5.86. The molecule has 0 unspecified atom stereocenters. The Morgan fingerprint density at radius 1 is 1.65 bits per heavy atom. The van der Waals surface area contributed by atoms with Gasteiger partial charge in [0.05, 0.1) is 24.4 Å². The van der Waals surface area contributed by atoms with E-state index in [9.17, 15) is 4.79 Å². The Bertz CT molecular complexity index is 398. The highest BCUT2D eigenvalue weighted by Gasteiger charge is 2.03. The summed E-state index contributed by atoms with van der Waals surface area (Å²) in [6.07, 6.45) is 2.98. The lowest BCUT2D eigenvalue weighted by atomic mass is 10.2. The zero-order valence-corrected chi connectivity index (χ0v) is 10.9. The maximum absolute atomic E-state index is 10.7. The number of aliphatic carboxylic acids is 1. The largest absolute Gasteiger partial charge is 0.478 e. The molecule has 0 spiro atoms. The molecule has 17 heavy (non-hydrogen) atoms. The molecule has 1 rings (SSSR count). The van der Waals surface area contributed by atoms with Gasteiger partial charge in [0.15, 0.2) is 0 Å². The van der Waals surface area contributed by atoms with E-state index in [4.69, 9.17) is 9.84 Å². The number of carbonyl (C=O) groups is 1. The summed E-state index contributed by atoms with van der Waals surface area (Å²) in [5, 5.41) is 8.79.